The van der Waals surface area contributed by atoms with Crippen molar-refractivity contribution in [2.45, 2.75) is 29.7 Å². The van der Waals surface area contributed by atoms with Crippen LogP contribution in [0, 0.1) is 0 Å². The standard InChI is InChI=1S/C15H17NO3S/c1-2-3-11-19-13-9-10-16-15(12-13)20(17,18)14-7-5-4-6-8-14/h4-10,12H,2-3,11H2,1H3. The van der Waals surface area contributed by atoms with E-state index < -0.39 is 9.84 Å². The summed E-state index contributed by atoms with van der Waals surface area (Å²) in [5.41, 5.74) is 0. The summed E-state index contributed by atoms with van der Waals surface area (Å²) in [6.45, 7) is 2.65. The van der Waals surface area contributed by atoms with Crippen molar-refractivity contribution in [2.24, 2.45) is 0 Å². The molecule has 0 N–H and O–H groups in total. The summed E-state index contributed by atoms with van der Waals surface area (Å²) < 4.78 is 30.3. The van der Waals surface area contributed by atoms with E-state index in [2.05, 4.69) is 11.9 Å². The molecule has 2 aromatic rings. The zero-order valence-corrected chi connectivity index (χ0v) is 12.1. The number of nitrogens with zero attached hydrogens (tertiary/aromatic N) is 1. The van der Waals surface area contributed by atoms with Gasteiger partial charge in [0.15, 0.2) is 5.03 Å². The summed E-state index contributed by atoms with van der Waals surface area (Å²) in [6, 6.07) is 11.4. The molecule has 20 heavy (non-hydrogen) atoms. The van der Waals surface area contributed by atoms with Crippen LogP contribution in [0.5, 0.6) is 5.75 Å². The highest BCUT2D eigenvalue weighted by molar-refractivity contribution is 7.91. The highest BCUT2D eigenvalue weighted by Crippen LogP contribution is 2.22. The Balaban J connectivity index is 2.26. The van der Waals surface area contributed by atoms with Crippen LogP contribution in [0.1, 0.15) is 19.8 Å². The van der Waals surface area contributed by atoms with Gasteiger partial charge in [0.05, 0.1) is 11.5 Å². The maximum absolute atomic E-state index is 12.4. The van der Waals surface area contributed by atoms with E-state index >= 15 is 0 Å². The van der Waals surface area contributed by atoms with Crippen molar-refractivity contribution in [1.82, 2.24) is 4.98 Å². The normalized spacial score (nSPS) is 11.2. The summed E-state index contributed by atoms with van der Waals surface area (Å²) >= 11 is 0. The van der Waals surface area contributed by atoms with Crippen LogP contribution in [0.15, 0.2) is 58.6 Å². The summed E-state index contributed by atoms with van der Waals surface area (Å²) in [7, 11) is -3.58. The van der Waals surface area contributed by atoms with E-state index in [4.69, 9.17) is 4.74 Å². The number of benzene rings is 1. The van der Waals surface area contributed by atoms with Crippen LogP contribution >= 0.6 is 0 Å². The number of ether oxygens (including phenoxy) is 1. The maximum Gasteiger partial charge on any atom is 0.223 e. The number of hydrogen-bond donors (Lipinski definition) is 0. The second-order valence-corrected chi connectivity index (χ2v) is 6.24. The van der Waals surface area contributed by atoms with Gasteiger partial charge < -0.3 is 4.74 Å². The van der Waals surface area contributed by atoms with Crippen LogP contribution in [-0.2, 0) is 9.84 Å². The van der Waals surface area contributed by atoms with Crippen molar-refractivity contribution < 1.29 is 13.2 Å². The van der Waals surface area contributed by atoms with Gasteiger partial charge in [-0.15, -0.1) is 0 Å². The first-order valence-electron chi connectivity index (χ1n) is 6.53. The third kappa shape index (κ3) is 3.36. The van der Waals surface area contributed by atoms with Crippen molar-refractivity contribution in [3.05, 3.63) is 48.7 Å². The maximum atomic E-state index is 12.4. The predicted octanol–water partition coefficient (Wildman–Crippen LogP) is 3.09. The van der Waals surface area contributed by atoms with Crippen LogP contribution in [0.4, 0.5) is 0 Å². The van der Waals surface area contributed by atoms with Gasteiger partial charge >= 0.3 is 0 Å². The molecule has 0 aliphatic heterocycles. The molecule has 0 radical (unpaired) electrons. The molecular formula is C15H17NO3S. The lowest BCUT2D eigenvalue weighted by molar-refractivity contribution is 0.308. The molecular weight excluding hydrogens is 274 g/mol. The van der Waals surface area contributed by atoms with E-state index in [-0.39, 0.29) is 9.92 Å². The van der Waals surface area contributed by atoms with Gasteiger partial charge in [0.25, 0.3) is 0 Å². The Hall–Kier alpha value is -1.88. The second kappa shape index (κ2) is 6.52. The summed E-state index contributed by atoms with van der Waals surface area (Å²) in [5, 5.41) is 0.0118. The smallest absolute Gasteiger partial charge is 0.223 e. The molecule has 0 saturated carbocycles. The lowest BCUT2D eigenvalue weighted by Crippen LogP contribution is -2.05. The Bertz CT molecular complexity index is 654. The van der Waals surface area contributed by atoms with Crippen molar-refractivity contribution >= 4 is 9.84 Å². The van der Waals surface area contributed by atoms with Crippen LogP contribution in [0.2, 0.25) is 0 Å². The van der Waals surface area contributed by atoms with E-state index in [1.54, 1.807) is 36.4 Å². The van der Waals surface area contributed by atoms with Crippen molar-refractivity contribution in [3.63, 3.8) is 0 Å². The first-order chi connectivity index (χ1) is 9.64. The molecule has 0 aliphatic carbocycles. The van der Waals surface area contributed by atoms with Crippen molar-refractivity contribution in [1.29, 1.82) is 0 Å². The summed E-state index contributed by atoms with van der Waals surface area (Å²) in [5.74, 6) is 0.531. The van der Waals surface area contributed by atoms with E-state index in [1.807, 2.05) is 0 Å². The van der Waals surface area contributed by atoms with Crippen LogP contribution in [0.25, 0.3) is 0 Å². The molecule has 0 amide bonds. The molecule has 0 bridgehead atoms. The molecule has 1 heterocycles. The first-order valence-corrected chi connectivity index (χ1v) is 8.02. The Morgan fingerprint density at radius 2 is 1.90 bits per heavy atom. The largest absolute Gasteiger partial charge is 0.493 e. The van der Waals surface area contributed by atoms with E-state index in [9.17, 15) is 8.42 Å². The van der Waals surface area contributed by atoms with Crippen molar-refractivity contribution in [2.75, 3.05) is 6.61 Å². The monoisotopic (exact) mass is 291 g/mol. The molecule has 2 rings (SSSR count). The SMILES string of the molecule is CCCCOc1ccnc(S(=O)(=O)c2ccccc2)c1. The molecule has 1 aromatic heterocycles. The molecule has 0 unspecified atom stereocenters. The summed E-state index contributed by atoms with van der Waals surface area (Å²) in [4.78, 5) is 4.18. The highest BCUT2D eigenvalue weighted by atomic mass is 32.2. The van der Waals surface area contributed by atoms with Gasteiger partial charge in [-0.05, 0) is 24.6 Å². The van der Waals surface area contributed by atoms with Gasteiger partial charge in [-0.3, -0.25) is 0 Å². The lowest BCUT2D eigenvalue weighted by atomic mass is 10.3. The fourth-order valence-electron chi connectivity index (χ4n) is 1.68. The van der Waals surface area contributed by atoms with Gasteiger partial charge in [-0.2, -0.15) is 0 Å². The molecule has 0 fully saturated rings. The van der Waals surface area contributed by atoms with E-state index in [1.165, 1.54) is 12.3 Å². The van der Waals surface area contributed by atoms with Gasteiger partial charge in [0.1, 0.15) is 5.75 Å². The number of unbranched alkanes of at least 4 members (excludes halogenated alkanes) is 1. The molecule has 1 aromatic carbocycles. The Morgan fingerprint density at radius 1 is 1.15 bits per heavy atom. The quantitative estimate of drug-likeness (QED) is 0.767. The third-order valence-electron chi connectivity index (χ3n) is 2.80. The Morgan fingerprint density at radius 3 is 2.60 bits per heavy atom. The van der Waals surface area contributed by atoms with Gasteiger partial charge in [0.2, 0.25) is 9.84 Å². The second-order valence-electron chi connectivity index (χ2n) is 4.35. The van der Waals surface area contributed by atoms with Crippen LogP contribution in [0.3, 0.4) is 0 Å². The number of hydrogen-bond acceptors (Lipinski definition) is 4. The van der Waals surface area contributed by atoms with Gasteiger partial charge in [0, 0.05) is 12.3 Å². The van der Waals surface area contributed by atoms with Crippen LogP contribution < -0.4 is 4.74 Å². The molecule has 0 saturated heterocycles. The average Bonchev–Trinajstić information content (AvgIpc) is 2.49. The zero-order chi connectivity index (χ0) is 14.4. The minimum atomic E-state index is -3.58. The number of rotatable bonds is 6. The van der Waals surface area contributed by atoms with E-state index in [0.717, 1.165) is 12.8 Å². The molecule has 4 nitrogen and oxygen atoms in total. The first kappa shape index (κ1) is 14.5. The van der Waals surface area contributed by atoms with Crippen molar-refractivity contribution in [3.8, 4) is 5.75 Å². The van der Waals surface area contributed by atoms with E-state index in [0.29, 0.717) is 12.4 Å². The highest BCUT2D eigenvalue weighted by Gasteiger charge is 2.19. The fourth-order valence-corrected chi connectivity index (χ4v) is 2.91. The predicted molar refractivity (Wildman–Crippen MR) is 76.5 cm³/mol. The van der Waals surface area contributed by atoms with Gasteiger partial charge in [-0.1, -0.05) is 31.5 Å². The zero-order valence-electron chi connectivity index (χ0n) is 11.3. The molecule has 5 heteroatoms. The molecule has 0 spiro atoms. The minimum absolute atomic E-state index is 0.0118. The topological polar surface area (TPSA) is 56.3 Å². The fraction of sp³-hybridized carbons (Fsp3) is 0.267. The number of aromatic nitrogens is 1. The molecule has 0 aliphatic rings. The number of sulfone groups is 1. The summed E-state index contributed by atoms with van der Waals surface area (Å²) in [6.07, 6.45) is 3.42. The molecule has 106 valence electrons. The van der Waals surface area contributed by atoms with Gasteiger partial charge in [-0.25, -0.2) is 13.4 Å². The molecule has 0 atom stereocenters. The van der Waals surface area contributed by atoms with Crippen LogP contribution in [-0.4, -0.2) is 20.0 Å². The number of pyridine rings is 1. The average molecular weight is 291 g/mol. The third-order valence-corrected chi connectivity index (χ3v) is 4.47. The lowest BCUT2D eigenvalue weighted by Gasteiger charge is -2.07. The Kier molecular flexibility index (Phi) is 4.74. The Labute approximate surface area is 119 Å². The minimum Gasteiger partial charge on any atom is -0.493 e.